The molecule has 0 saturated heterocycles. The van der Waals surface area contributed by atoms with E-state index in [1.54, 1.807) is 4.90 Å². The number of fused-ring (bicyclic) bond motifs is 1. The standard InChI is InChI=1S/C21H26N2O2/c1-15(2)17-8-6-9-18(13-17)22-21(24)23(3)14-20-19-10-5-4-7-16(19)11-12-25-20/h4-10,13,15,20H,11-12,14H2,1-3H3,(H,22,24). The van der Waals surface area contributed by atoms with Crippen LogP contribution in [0, 0.1) is 0 Å². The first-order valence-electron chi connectivity index (χ1n) is 8.86. The number of anilines is 1. The van der Waals surface area contributed by atoms with Crippen molar-refractivity contribution < 1.29 is 9.53 Å². The van der Waals surface area contributed by atoms with Crippen LogP contribution in [0.15, 0.2) is 48.5 Å². The molecule has 1 atom stereocenters. The Bertz CT molecular complexity index is 742. The first-order chi connectivity index (χ1) is 12.0. The summed E-state index contributed by atoms with van der Waals surface area (Å²) in [6.07, 6.45) is 0.868. The monoisotopic (exact) mass is 338 g/mol. The first-order valence-corrected chi connectivity index (χ1v) is 8.86. The number of benzene rings is 2. The summed E-state index contributed by atoms with van der Waals surface area (Å²) in [7, 11) is 1.81. The highest BCUT2D eigenvalue weighted by atomic mass is 16.5. The number of nitrogens with one attached hydrogen (secondary N) is 1. The number of amides is 2. The zero-order valence-corrected chi connectivity index (χ0v) is 15.2. The summed E-state index contributed by atoms with van der Waals surface area (Å²) < 4.78 is 5.90. The molecule has 3 rings (SSSR count). The molecular weight excluding hydrogens is 312 g/mol. The van der Waals surface area contributed by atoms with Crippen LogP contribution in [-0.2, 0) is 11.2 Å². The maximum atomic E-state index is 12.5. The van der Waals surface area contributed by atoms with E-state index in [9.17, 15) is 4.79 Å². The Labute approximate surface area is 149 Å². The Hall–Kier alpha value is -2.33. The highest BCUT2D eigenvalue weighted by Gasteiger charge is 2.23. The van der Waals surface area contributed by atoms with Gasteiger partial charge in [0.15, 0.2) is 0 Å². The lowest BCUT2D eigenvalue weighted by atomic mass is 9.97. The third-order valence-electron chi connectivity index (χ3n) is 4.68. The molecule has 4 nitrogen and oxygen atoms in total. The molecule has 2 aromatic carbocycles. The van der Waals surface area contributed by atoms with Crippen molar-refractivity contribution in [1.82, 2.24) is 4.90 Å². The van der Waals surface area contributed by atoms with Crippen LogP contribution in [0.3, 0.4) is 0 Å². The van der Waals surface area contributed by atoms with Gasteiger partial charge in [0, 0.05) is 12.7 Å². The minimum Gasteiger partial charge on any atom is -0.371 e. The fourth-order valence-electron chi connectivity index (χ4n) is 3.15. The summed E-state index contributed by atoms with van der Waals surface area (Å²) in [4.78, 5) is 14.2. The summed E-state index contributed by atoms with van der Waals surface area (Å²) in [6.45, 7) is 5.52. The van der Waals surface area contributed by atoms with Crippen LogP contribution in [0.25, 0.3) is 0 Å². The van der Waals surface area contributed by atoms with Crippen molar-refractivity contribution in [3.63, 3.8) is 0 Å². The Kier molecular flexibility index (Phi) is 5.39. The van der Waals surface area contributed by atoms with Crippen LogP contribution >= 0.6 is 0 Å². The van der Waals surface area contributed by atoms with Gasteiger partial charge in [-0.25, -0.2) is 4.79 Å². The van der Waals surface area contributed by atoms with Gasteiger partial charge in [-0.15, -0.1) is 0 Å². The van der Waals surface area contributed by atoms with E-state index >= 15 is 0 Å². The van der Waals surface area contributed by atoms with E-state index in [2.05, 4.69) is 43.4 Å². The second-order valence-corrected chi connectivity index (χ2v) is 6.90. The van der Waals surface area contributed by atoms with Gasteiger partial charge in [0.1, 0.15) is 6.10 Å². The van der Waals surface area contributed by atoms with Crippen molar-refractivity contribution in [2.45, 2.75) is 32.3 Å². The summed E-state index contributed by atoms with van der Waals surface area (Å²) in [5, 5.41) is 2.98. The molecule has 1 aliphatic heterocycles. The lowest BCUT2D eigenvalue weighted by Gasteiger charge is -2.29. The number of nitrogens with zero attached hydrogens (tertiary/aromatic N) is 1. The number of likely N-dealkylation sites (N-methyl/N-ethyl adjacent to an activating group) is 1. The quantitative estimate of drug-likeness (QED) is 0.886. The molecule has 132 valence electrons. The van der Waals surface area contributed by atoms with E-state index in [4.69, 9.17) is 4.74 Å². The number of ether oxygens (including phenoxy) is 1. The first kappa shape index (κ1) is 17.5. The number of carbonyl (C=O) groups excluding carboxylic acids is 1. The topological polar surface area (TPSA) is 41.6 Å². The lowest BCUT2D eigenvalue weighted by Crippen LogP contribution is -2.36. The van der Waals surface area contributed by atoms with Crippen LogP contribution in [-0.4, -0.2) is 31.1 Å². The van der Waals surface area contributed by atoms with Gasteiger partial charge < -0.3 is 15.0 Å². The Morgan fingerprint density at radius 1 is 1.24 bits per heavy atom. The summed E-state index contributed by atoms with van der Waals surface area (Å²) >= 11 is 0. The Morgan fingerprint density at radius 2 is 2.04 bits per heavy atom. The lowest BCUT2D eigenvalue weighted by molar-refractivity contribution is 0.0280. The van der Waals surface area contributed by atoms with Crippen LogP contribution < -0.4 is 5.32 Å². The molecule has 25 heavy (non-hydrogen) atoms. The molecule has 2 amide bonds. The SMILES string of the molecule is CC(C)c1cccc(NC(=O)N(C)CC2OCCc3ccccc32)c1. The maximum absolute atomic E-state index is 12.5. The van der Waals surface area contributed by atoms with Crippen molar-refractivity contribution in [1.29, 1.82) is 0 Å². The van der Waals surface area contributed by atoms with Gasteiger partial charge in [-0.3, -0.25) is 0 Å². The maximum Gasteiger partial charge on any atom is 0.321 e. The molecule has 0 aliphatic carbocycles. The van der Waals surface area contributed by atoms with Gasteiger partial charge in [-0.2, -0.15) is 0 Å². The second kappa shape index (κ2) is 7.70. The molecule has 2 aromatic rings. The summed E-state index contributed by atoms with van der Waals surface area (Å²) in [5.74, 6) is 0.432. The molecule has 0 saturated carbocycles. The fraction of sp³-hybridized carbons (Fsp3) is 0.381. The van der Waals surface area contributed by atoms with Crippen molar-refractivity contribution in [2.75, 3.05) is 25.5 Å². The van der Waals surface area contributed by atoms with Crippen molar-refractivity contribution in [2.24, 2.45) is 0 Å². The van der Waals surface area contributed by atoms with Crippen molar-refractivity contribution >= 4 is 11.7 Å². The van der Waals surface area contributed by atoms with Crippen LogP contribution in [0.2, 0.25) is 0 Å². The van der Waals surface area contributed by atoms with Gasteiger partial charge >= 0.3 is 6.03 Å². The molecule has 1 N–H and O–H groups in total. The van der Waals surface area contributed by atoms with Crippen LogP contribution in [0.5, 0.6) is 0 Å². The third-order valence-corrected chi connectivity index (χ3v) is 4.68. The Balaban J connectivity index is 1.65. The van der Waals surface area contributed by atoms with E-state index in [0.29, 0.717) is 19.1 Å². The van der Waals surface area contributed by atoms with Gasteiger partial charge in [-0.1, -0.05) is 50.2 Å². The predicted octanol–water partition coefficient (Wildman–Crippen LogP) is 4.59. The molecule has 1 aliphatic rings. The minimum absolute atomic E-state index is 0.0669. The van der Waals surface area contributed by atoms with Crippen molar-refractivity contribution in [3.8, 4) is 0 Å². The van der Waals surface area contributed by atoms with E-state index in [-0.39, 0.29) is 12.1 Å². The predicted molar refractivity (Wildman–Crippen MR) is 101 cm³/mol. The smallest absolute Gasteiger partial charge is 0.321 e. The largest absolute Gasteiger partial charge is 0.371 e. The van der Waals surface area contributed by atoms with Gasteiger partial charge in [0.25, 0.3) is 0 Å². The third kappa shape index (κ3) is 4.20. The van der Waals surface area contributed by atoms with Crippen molar-refractivity contribution in [3.05, 3.63) is 65.2 Å². The van der Waals surface area contributed by atoms with E-state index in [0.717, 1.165) is 12.1 Å². The molecule has 0 aromatic heterocycles. The number of hydrogen-bond donors (Lipinski definition) is 1. The zero-order chi connectivity index (χ0) is 17.8. The number of rotatable bonds is 4. The van der Waals surface area contributed by atoms with Gasteiger partial charge in [0.05, 0.1) is 13.2 Å². The van der Waals surface area contributed by atoms with E-state index in [1.807, 2.05) is 31.3 Å². The van der Waals surface area contributed by atoms with E-state index < -0.39 is 0 Å². The zero-order valence-electron chi connectivity index (χ0n) is 15.2. The van der Waals surface area contributed by atoms with Crippen LogP contribution in [0.1, 0.15) is 42.6 Å². The molecule has 1 unspecified atom stereocenters. The summed E-state index contributed by atoms with van der Waals surface area (Å²) in [6, 6.07) is 16.2. The molecule has 0 bridgehead atoms. The number of hydrogen-bond acceptors (Lipinski definition) is 2. The fourth-order valence-corrected chi connectivity index (χ4v) is 3.15. The minimum atomic E-state index is -0.118. The number of carbonyl (C=O) groups is 1. The molecule has 0 fully saturated rings. The molecule has 4 heteroatoms. The van der Waals surface area contributed by atoms with Gasteiger partial charge in [0.2, 0.25) is 0 Å². The van der Waals surface area contributed by atoms with Gasteiger partial charge in [-0.05, 0) is 41.2 Å². The second-order valence-electron chi connectivity index (χ2n) is 6.90. The highest BCUT2D eigenvalue weighted by molar-refractivity contribution is 5.89. The summed E-state index contributed by atoms with van der Waals surface area (Å²) in [5.41, 5.74) is 4.55. The normalized spacial score (nSPS) is 16.4. The average Bonchev–Trinajstić information content (AvgIpc) is 2.62. The van der Waals surface area contributed by atoms with Crippen LogP contribution in [0.4, 0.5) is 10.5 Å². The molecule has 0 radical (unpaired) electrons. The molecule has 1 heterocycles. The molecule has 0 spiro atoms. The number of urea groups is 1. The average molecular weight is 338 g/mol. The Morgan fingerprint density at radius 3 is 2.84 bits per heavy atom. The highest BCUT2D eigenvalue weighted by Crippen LogP contribution is 2.27. The van der Waals surface area contributed by atoms with E-state index in [1.165, 1.54) is 16.7 Å². The molecular formula is C21H26N2O2.